The van der Waals surface area contributed by atoms with E-state index in [0.717, 1.165) is 25.4 Å². The largest absolute Gasteiger partial charge is 0.464 e. The van der Waals surface area contributed by atoms with Gasteiger partial charge >= 0.3 is 0 Å². The van der Waals surface area contributed by atoms with Gasteiger partial charge in [-0.1, -0.05) is 17.8 Å². The molecule has 7 heteroatoms. The van der Waals surface area contributed by atoms with Crippen molar-refractivity contribution in [2.24, 2.45) is 5.92 Å². The van der Waals surface area contributed by atoms with Crippen LogP contribution >= 0.6 is 23.1 Å². The van der Waals surface area contributed by atoms with E-state index in [2.05, 4.69) is 27.7 Å². The number of rotatable bonds is 9. The Hall–Kier alpha value is -0.890. The van der Waals surface area contributed by atoms with Crippen LogP contribution in [0.5, 0.6) is 0 Å². The van der Waals surface area contributed by atoms with Gasteiger partial charge in [0.15, 0.2) is 0 Å². The lowest BCUT2D eigenvalue weighted by atomic mass is 9.98. The standard InChI is InChI=1S/C18H24F2N2OS2/c19-18(20)25-13-16-6-5-15(23-16)10-21-9-14-3-1-7-22(11-14)12-17-4-2-8-24-17/h2,4-6,8,14,18,21H,1,3,7,9-13H2. The van der Waals surface area contributed by atoms with E-state index >= 15 is 0 Å². The second-order valence-electron chi connectivity index (χ2n) is 6.39. The first-order valence-electron chi connectivity index (χ1n) is 8.62. The molecule has 0 radical (unpaired) electrons. The average Bonchev–Trinajstić information content (AvgIpc) is 3.25. The zero-order valence-electron chi connectivity index (χ0n) is 14.1. The fraction of sp³-hybridized carbons (Fsp3) is 0.556. The van der Waals surface area contributed by atoms with Gasteiger partial charge in [0.05, 0.1) is 12.3 Å². The molecule has 0 bridgehead atoms. The quantitative estimate of drug-likeness (QED) is 0.670. The Morgan fingerprint density at radius 2 is 2.20 bits per heavy atom. The van der Waals surface area contributed by atoms with Crippen LogP contribution in [0, 0.1) is 5.92 Å². The summed E-state index contributed by atoms with van der Waals surface area (Å²) in [4.78, 5) is 3.97. The van der Waals surface area contributed by atoms with E-state index in [4.69, 9.17) is 4.42 Å². The molecule has 0 spiro atoms. The summed E-state index contributed by atoms with van der Waals surface area (Å²) in [6.07, 6.45) is 2.50. The number of piperidine rings is 1. The van der Waals surface area contributed by atoms with E-state index in [1.165, 1.54) is 24.3 Å². The first kappa shape index (κ1) is 18.9. The van der Waals surface area contributed by atoms with E-state index in [0.29, 0.717) is 30.0 Å². The van der Waals surface area contributed by atoms with E-state index < -0.39 is 5.76 Å². The summed E-state index contributed by atoms with van der Waals surface area (Å²) in [6, 6.07) is 7.97. The van der Waals surface area contributed by atoms with E-state index in [1.54, 1.807) is 6.07 Å². The molecule has 1 aliphatic rings. The van der Waals surface area contributed by atoms with E-state index in [1.807, 2.05) is 17.4 Å². The number of halogens is 2. The van der Waals surface area contributed by atoms with Crippen LogP contribution in [-0.2, 0) is 18.8 Å². The normalized spacial score (nSPS) is 18.9. The summed E-state index contributed by atoms with van der Waals surface area (Å²) in [5.41, 5.74) is 0. The molecule has 1 aliphatic heterocycles. The number of thiophene rings is 1. The van der Waals surface area contributed by atoms with Gasteiger partial charge in [-0.05, 0) is 55.4 Å². The van der Waals surface area contributed by atoms with Crippen molar-refractivity contribution >= 4 is 23.1 Å². The van der Waals surface area contributed by atoms with Gasteiger partial charge in [-0.2, -0.15) is 8.78 Å². The molecule has 2 aromatic rings. The van der Waals surface area contributed by atoms with Gasteiger partial charge in [-0.15, -0.1) is 11.3 Å². The van der Waals surface area contributed by atoms with Crippen LogP contribution in [0.25, 0.3) is 0 Å². The highest BCUT2D eigenvalue weighted by Gasteiger charge is 2.20. The molecule has 0 aromatic carbocycles. The SMILES string of the molecule is FC(F)SCc1ccc(CNCC2CCCN(Cc3cccs3)C2)o1. The molecule has 1 saturated heterocycles. The third-order valence-electron chi connectivity index (χ3n) is 4.36. The Bertz CT molecular complexity index is 618. The van der Waals surface area contributed by atoms with Crippen LogP contribution < -0.4 is 5.32 Å². The number of likely N-dealkylation sites (tertiary alicyclic amines) is 1. The molecule has 3 nitrogen and oxygen atoms in total. The monoisotopic (exact) mass is 386 g/mol. The Labute approximate surface area is 155 Å². The van der Waals surface area contributed by atoms with Gasteiger partial charge in [0.1, 0.15) is 11.5 Å². The molecule has 3 heterocycles. The summed E-state index contributed by atoms with van der Waals surface area (Å²) >= 11 is 2.42. The minimum Gasteiger partial charge on any atom is -0.464 e. The molecular formula is C18H24F2N2OS2. The van der Waals surface area contributed by atoms with Gasteiger partial charge in [-0.3, -0.25) is 4.90 Å². The number of nitrogens with one attached hydrogen (secondary N) is 1. The van der Waals surface area contributed by atoms with Gasteiger partial charge in [0, 0.05) is 18.0 Å². The van der Waals surface area contributed by atoms with Gasteiger partial charge in [0.25, 0.3) is 5.76 Å². The molecule has 1 atom stereocenters. The highest BCUT2D eigenvalue weighted by atomic mass is 32.2. The molecule has 0 aliphatic carbocycles. The number of hydrogen-bond donors (Lipinski definition) is 1. The molecule has 0 amide bonds. The Kier molecular flexibility index (Phi) is 7.34. The Morgan fingerprint density at radius 3 is 3.00 bits per heavy atom. The fourth-order valence-electron chi connectivity index (χ4n) is 3.22. The zero-order valence-corrected chi connectivity index (χ0v) is 15.8. The molecule has 3 rings (SSSR count). The minimum atomic E-state index is -2.35. The summed E-state index contributed by atoms with van der Waals surface area (Å²) in [6.45, 7) is 4.97. The Morgan fingerprint density at radius 1 is 1.32 bits per heavy atom. The number of hydrogen-bond acceptors (Lipinski definition) is 5. The highest BCUT2D eigenvalue weighted by molar-refractivity contribution is 7.98. The lowest BCUT2D eigenvalue weighted by Gasteiger charge is -2.32. The molecule has 138 valence electrons. The van der Waals surface area contributed by atoms with E-state index in [9.17, 15) is 8.78 Å². The van der Waals surface area contributed by atoms with Gasteiger partial charge in [-0.25, -0.2) is 0 Å². The summed E-state index contributed by atoms with van der Waals surface area (Å²) in [5.74, 6) is -0.0523. The number of furan rings is 1. The Balaban J connectivity index is 1.37. The van der Waals surface area contributed by atoms with Crippen molar-refractivity contribution in [2.75, 3.05) is 19.6 Å². The molecule has 1 fully saturated rings. The lowest BCUT2D eigenvalue weighted by molar-refractivity contribution is 0.166. The lowest BCUT2D eigenvalue weighted by Crippen LogP contribution is -2.38. The summed E-state index contributed by atoms with van der Waals surface area (Å²) < 4.78 is 30.0. The maximum Gasteiger partial charge on any atom is 0.284 e. The predicted octanol–water partition coefficient (Wildman–Crippen LogP) is 4.80. The molecule has 1 unspecified atom stereocenters. The van der Waals surface area contributed by atoms with Crippen molar-refractivity contribution < 1.29 is 13.2 Å². The maximum absolute atomic E-state index is 12.2. The van der Waals surface area contributed by atoms with Crippen molar-refractivity contribution in [1.29, 1.82) is 0 Å². The second-order valence-corrected chi connectivity index (χ2v) is 8.40. The zero-order chi connectivity index (χ0) is 17.5. The van der Waals surface area contributed by atoms with Crippen LogP contribution in [0.4, 0.5) is 8.78 Å². The highest BCUT2D eigenvalue weighted by Crippen LogP contribution is 2.22. The molecule has 2 aromatic heterocycles. The van der Waals surface area contributed by atoms with Crippen LogP contribution in [0.2, 0.25) is 0 Å². The second kappa shape index (κ2) is 9.71. The third-order valence-corrected chi connectivity index (χ3v) is 5.93. The molecule has 1 N–H and O–H groups in total. The predicted molar refractivity (Wildman–Crippen MR) is 100 cm³/mol. The minimum absolute atomic E-state index is 0.220. The van der Waals surface area contributed by atoms with Crippen LogP contribution in [0.15, 0.2) is 34.1 Å². The molecule has 25 heavy (non-hydrogen) atoms. The number of nitrogens with zero attached hydrogens (tertiary/aromatic N) is 1. The summed E-state index contributed by atoms with van der Waals surface area (Å²) in [7, 11) is 0. The van der Waals surface area contributed by atoms with Crippen molar-refractivity contribution in [2.45, 2.75) is 37.4 Å². The van der Waals surface area contributed by atoms with Gasteiger partial charge < -0.3 is 9.73 Å². The first-order valence-corrected chi connectivity index (χ1v) is 10.5. The van der Waals surface area contributed by atoms with Crippen molar-refractivity contribution in [3.05, 3.63) is 46.0 Å². The third kappa shape index (κ3) is 6.40. The number of thioether (sulfide) groups is 1. The fourth-order valence-corrected chi connectivity index (χ4v) is 4.42. The topological polar surface area (TPSA) is 28.4 Å². The van der Waals surface area contributed by atoms with E-state index in [-0.39, 0.29) is 5.75 Å². The van der Waals surface area contributed by atoms with Crippen molar-refractivity contribution in [3.8, 4) is 0 Å². The average molecular weight is 387 g/mol. The molecular weight excluding hydrogens is 362 g/mol. The number of alkyl halides is 2. The maximum atomic E-state index is 12.2. The first-order chi connectivity index (χ1) is 12.2. The molecule has 0 saturated carbocycles. The van der Waals surface area contributed by atoms with Crippen LogP contribution in [0.3, 0.4) is 0 Å². The van der Waals surface area contributed by atoms with Crippen LogP contribution in [-0.4, -0.2) is 30.3 Å². The summed E-state index contributed by atoms with van der Waals surface area (Å²) in [5, 5.41) is 5.59. The van der Waals surface area contributed by atoms with Crippen molar-refractivity contribution in [1.82, 2.24) is 10.2 Å². The van der Waals surface area contributed by atoms with Gasteiger partial charge in [0.2, 0.25) is 0 Å². The smallest absolute Gasteiger partial charge is 0.284 e. The van der Waals surface area contributed by atoms with Crippen molar-refractivity contribution in [3.63, 3.8) is 0 Å². The van der Waals surface area contributed by atoms with Crippen LogP contribution in [0.1, 0.15) is 29.2 Å².